The zero-order valence-electron chi connectivity index (χ0n) is 43.9. The molecule has 11 rings (SSSR count). The zero-order valence-corrected chi connectivity index (χ0v) is 44.7. The van der Waals surface area contributed by atoms with Gasteiger partial charge in [0.1, 0.15) is 42.3 Å². The number of carbonyl (C=O) groups excluding carboxylic acids is 2. The van der Waals surface area contributed by atoms with E-state index >= 15 is 0 Å². The lowest BCUT2D eigenvalue weighted by Crippen LogP contribution is -2.54. The smallest absolute Gasteiger partial charge is 0.254 e. The highest BCUT2D eigenvalue weighted by Crippen LogP contribution is 2.41. The van der Waals surface area contributed by atoms with Gasteiger partial charge in [-0.15, -0.1) is 21.5 Å². The standard InChI is InChI=1S/C58H63N11O8S/c1-33(2)54(58(73)68-31-42(70)23-49(68)57(72)63-34(3)36-11-13-37(14-12-36)55-35(4)62-32-78-55)51-27-53(66-77-51)74-21-7-8-38-15-18-43(28-61-38)75-44-24-45(25-44)76-52-22-39(19-20-60-52)69-40-16-17-41(69)30-67(29-40)48-26-47(64-65-56(48)59)46-9-5-6-10-50(46)71/h5-15,18-20,22,26-28,32-34,40-42,44-45,49,54,70-71H,16-17,21,23-25,29-31H2,1-4H3,(H2,59,65)(H,63,72)/b8-7+/t34-,40+,41?,42+,44?,45?,49-,54-/m0/s1. The average Bonchev–Trinajstić information content (AvgIpc) is 4.28. The number of phenols is 1. The Balaban J connectivity index is 0.623. The van der Waals surface area contributed by atoms with Gasteiger partial charge in [0.05, 0.1) is 51.5 Å². The number of nitrogens with one attached hydrogen (secondary N) is 1. The number of likely N-dealkylation sites (tertiary alicyclic amines) is 1. The summed E-state index contributed by atoms with van der Waals surface area (Å²) in [6, 6.07) is 25.8. The number of nitrogens with zero attached hydrogens (tertiary/aromatic N) is 9. The van der Waals surface area contributed by atoms with E-state index in [0.717, 1.165) is 71.8 Å². The van der Waals surface area contributed by atoms with Crippen LogP contribution in [0.2, 0.25) is 0 Å². The molecule has 5 N–H and O–H groups in total. The Hall–Kier alpha value is -8.10. The third-order valence-electron chi connectivity index (χ3n) is 15.2. The lowest BCUT2D eigenvalue weighted by Gasteiger charge is -2.43. The van der Waals surface area contributed by atoms with Crippen LogP contribution in [0.1, 0.15) is 87.5 Å². The Morgan fingerprint density at radius 2 is 1.68 bits per heavy atom. The minimum Gasteiger partial charge on any atom is -0.507 e. The van der Waals surface area contributed by atoms with Crippen LogP contribution in [0.3, 0.4) is 0 Å². The highest BCUT2D eigenvalue weighted by Gasteiger charge is 2.44. The van der Waals surface area contributed by atoms with Crippen LogP contribution in [0.4, 0.5) is 17.2 Å². The lowest BCUT2D eigenvalue weighted by molar-refractivity contribution is -0.141. The van der Waals surface area contributed by atoms with E-state index in [1.807, 2.05) is 112 Å². The zero-order chi connectivity index (χ0) is 54.0. The van der Waals surface area contributed by atoms with Crippen molar-refractivity contribution in [1.29, 1.82) is 0 Å². The number of aryl methyl sites for hydroxylation is 1. The number of aliphatic hydroxyl groups excluding tert-OH is 1. The quantitative estimate of drug-likeness (QED) is 0.0634. The molecule has 7 aromatic rings. The Morgan fingerprint density at radius 1 is 0.897 bits per heavy atom. The Bertz CT molecular complexity index is 3260. The number of nitrogens with two attached hydrogens (primary N) is 1. The number of aliphatic hydroxyl groups is 1. The number of amides is 2. The minimum atomic E-state index is -0.851. The first kappa shape index (κ1) is 52.0. The molecule has 4 fully saturated rings. The maximum absolute atomic E-state index is 14.2. The second kappa shape index (κ2) is 22.5. The third kappa shape index (κ3) is 11.2. The van der Waals surface area contributed by atoms with Gasteiger partial charge in [0.15, 0.2) is 11.6 Å². The number of benzene rings is 2. The molecule has 2 aromatic carbocycles. The van der Waals surface area contributed by atoms with Gasteiger partial charge in [0.2, 0.25) is 17.7 Å². The molecule has 19 nitrogen and oxygen atoms in total. The topological polar surface area (TPSA) is 241 Å². The van der Waals surface area contributed by atoms with Crippen molar-refractivity contribution in [2.75, 3.05) is 41.8 Å². The summed E-state index contributed by atoms with van der Waals surface area (Å²) in [5, 5.41) is 36.8. The Morgan fingerprint density at radius 3 is 2.41 bits per heavy atom. The van der Waals surface area contributed by atoms with E-state index in [0.29, 0.717) is 40.2 Å². The summed E-state index contributed by atoms with van der Waals surface area (Å²) >= 11 is 1.58. The maximum Gasteiger partial charge on any atom is 0.254 e. The fourth-order valence-electron chi connectivity index (χ4n) is 11.1. The number of phenolic OH excluding ortho intramolecular Hbond substituents is 1. The van der Waals surface area contributed by atoms with Gasteiger partial charge in [-0.2, -0.15) is 0 Å². The Labute approximate surface area is 456 Å². The van der Waals surface area contributed by atoms with Gasteiger partial charge in [0.25, 0.3) is 5.88 Å². The second-order valence-electron chi connectivity index (χ2n) is 21.0. The number of fused-ring (bicyclic) bond motifs is 2. The summed E-state index contributed by atoms with van der Waals surface area (Å²) in [6.45, 7) is 9.43. The van der Waals surface area contributed by atoms with Crippen molar-refractivity contribution < 1.29 is 38.5 Å². The number of para-hydroxylation sites is 1. The van der Waals surface area contributed by atoms with Crippen molar-refractivity contribution in [2.45, 2.75) is 108 Å². The molecule has 4 aliphatic rings. The lowest BCUT2D eigenvalue weighted by atomic mass is 9.91. The number of hydrogen-bond donors (Lipinski definition) is 4. The van der Waals surface area contributed by atoms with Crippen LogP contribution >= 0.6 is 11.3 Å². The van der Waals surface area contributed by atoms with Gasteiger partial charge in [-0.25, -0.2) is 9.97 Å². The number of rotatable bonds is 18. The molecule has 5 aromatic heterocycles. The first-order valence-corrected chi connectivity index (χ1v) is 27.4. The normalized spacial score (nSPS) is 21.6. The number of pyridine rings is 2. The predicted octanol–water partition coefficient (Wildman–Crippen LogP) is 8.16. The highest BCUT2D eigenvalue weighted by molar-refractivity contribution is 7.13. The van der Waals surface area contributed by atoms with Crippen molar-refractivity contribution >= 4 is 46.4 Å². The molecule has 20 heteroatoms. The van der Waals surface area contributed by atoms with Crippen molar-refractivity contribution in [2.24, 2.45) is 5.92 Å². The van der Waals surface area contributed by atoms with Gasteiger partial charge in [-0.05, 0) is 97.4 Å². The van der Waals surface area contributed by atoms with Crippen LogP contribution in [-0.4, -0.2) is 120 Å². The SMILES string of the molecule is Cc1ncsc1-c1ccc([C@H](C)NC(=O)[C@@H]2C[C@@H](O)CN2C(=O)[C@H](c2cc(OC/C=C/c3ccc(OC4CC(Oc5cc(N6C7CC[C@@H]6CN(c6cc(-c8ccccc8O)nnc6N)C7)ccn5)C4)cn3)no2)C(C)C)cc1. The molecule has 1 unspecified atom stereocenters. The van der Waals surface area contributed by atoms with Crippen LogP contribution in [0.15, 0.2) is 113 Å². The highest BCUT2D eigenvalue weighted by atomic mass is 32.1. The molecular formula is C58H63N11O8S. The number of aromatic hydroxyl groups is 1. The summed E-state index contributed by atoms with van der Waals surface area (Å²) in [7, 11) is 0. The largest absolute Gasteiger partial charge is 0.507 e. The third-order valence-corrected chi connectivity index (χ3v) is 16.2. The van der Waals surface area contributed by atoms with Crippen LogP contribution in [0.5, 0.6) is 23.3 Å². The molecular weight excluding hydrogens is 1010 g/mol. The average molecular weight is 1070 g/mol. The molecule has 8 heterocycles. The number of carbonyl (C=O) groups is 2. The molecule has 2 amide bonds. The Kier molecular flexibility index (Phi) is 15.0. The minimum absolute atomic E-state index is 0.0102. The molecule has 2 bridgehead atoms. The van der Waals surface area contributed by atoms with Crippen molar-refractivity contribution in [3.05, 3.63) is 132 Å². The molecule has 404 valence electrons. The maximum atomic E-state index is 14.2. The van der Waals surface area contributed by atoms with Crippen molar-refractivity contribution in [3.63, 3.8) is 0 Å². The summed E-state index contributed by atoms with van der Waals surface area (Å²) in [4.78, 5) is 48.7. The van der Waals surface area contributed by atoms with Gasteiger partial charge in [-0.3, -0.25) is 14.6 Å². The van der Waals surface area contributed by atoms with Gasteiger partial charge >= 0.3 is 0 Å². The molecule has 1 aliphatic carbocycles. The first-order chi connectivity index (χ1) is 37.8. The van der Waals surface area contributed by atoms with Gasteiger partial charge in [0, 0.05) is 80.6 Å². The van der Waals surface area contributed by atoms with Crippen LogP contribution in [-0.2, 0) is 9.59 Å². The number of ether oxygens (including phenoxy) is 3. The molecule has 1 saturated carbocycles. The number of thiazole rings is 1. The van der Waals surface area contributed by atoms with E-state index < -0.39 is 18.1 Å². The summed E-state index contributed by atoms with van der Waals surface area (Å²) in [5.74, 6) is 0.684. The molecule has 0 spiro atoms. The summed E-state index contributed by atoms with van der Waals surface area (Å²) < 4.78 is 24.1. The van der Waals surface area contributed by atoms with E-state index in [1.165, 1.54) is 4.90 Å². The van der Waals surface area contributed by atoms with E-state index in [-0.39, 0.29) is 79.3 Å². The van der Waals surface area contributed by atoms with Crippen LogP contribution in [0, 0.1) is 12.8 Å². The van der Waals surface area contributed by atoms with E-state index in [2.05, 4.69) is 51.5 Å². The van der Waals surface area contributed by atoms with Crippen molar-refractivity contribution in [3.8, 4) is 45.0 Å². The summed E-state index contributed by atoms with van der Waals surface area (Å²) in [5.41, 5.74) is 15.0. The number of piperazine rings is 1. The fourth-order valence-corrected chi connectivity index (χ4v) is 12.0. The monoisotopic (exact) mass is 1070 g/mol. The number of anilines is 3. The first-order valence-electron chi connectivity index (χ1n) is 26.6. The van der Waals surface area contributed by atoms with Gasteiger partial charge < -0.3 is 54.7 Å². The molecule has 6 atom stereocenters. The van der Waals surface area contributed by atoms with Crippen LogP contribution < -0.4 is 35.1 Å². The van der Waals surface area contributed by atoms with Crippen LogP contribution in [0.25, 0.3) is 27.8 Å². The molecule has 3 aliphatic heterocycles. The number of aromatic nitrogens is 6. The number of β-amino-alcohol motifs (C(OH)–C–C–N with tert-alkyl or cyclic N) is 1. The number of nitrogen functional groups attached to an aromatic ring is 1. The fraction of sp³-hybridized carbons (Fsp3) is 0.379. The van der Waals surface area contributed by atoms with E-state index in [4.69, 9.17) is 24.5 Å². The van der Waals surface area contributed by atoms with E-state index in [9.17, 15) is 19.8 Å². The number of hydrogen-bond acceptors (Lipinski definition) is 18. The molecule has 0 radical (unpaired) electrons. The van der Waals surface area contributed by atoms with E-state index in [1.54, 1.807) is 35.7 Å². The summed E-state index contributed by atoms with van der Waals surface area (Å²) in [6.07, 6.45) is 9.95. The molecule has 3 saturated heterocycles. The second-order valence-corrected chi connectivity index (χ2v) is 21.8. The predicted molar refractivity (Wildman–Crippen MR) is 295 cm³/mol. The molecule has 78 heavy (non-hydrogen) atoms. The van der Waals surface area contributed by atoms with Gasteiger partial charge in [-0.1, -0.05) is 50.2 Å². The van der Waals surface area contributed by atoms with Crippen molar-refractivity contribution in [1.82, 2.24) is 40.5 Å².